The highest BCUT2D eigenvalue weighted by atomic mass is 16.6. The van der Waals surface area contributed by atoms with Crippen LogP contribution < -0.4 is 19.7 Å². The molecule has 2 aromatic rings. The molecule has 1 N–H and O–H groups in total. The van der Waals surface area contributed by atoms with Crippen molar-refractivity contribution in [2.24, 2.45) is 5.92 Å². The van der Waals surface area contributed by atoms with E-state index in [-0.39, 0.29) is 28.3 Å². The highest BCUT2D eigenvalue weighted by molar-refractivity contribution is 6.09. The van der Waals surface area contributed by atoms with E-state index in [2.05, 4.69) is 12.2 Å². The van der Waals surface area contributed by atoms with Crippen LogP contribution in [0.25, 0.3) is 0 Å². The van der Waals surface area contributed by atoms with Crippen LogP contribution in [0.5, 0.6) is 11.5 Å². The summed E-state index contributed by atoms with van der Waals surface area (Å²) in [6, 6.07) is 7.21. The average Bonchev–Trinajstić information content (AvgIpc) is 2.83. The van der Waals surface area contributed by atoms with Crippen LogP contribution in [0.15, 0.2) is 30.3 Å². The molecule has 0 saturated carbocycles. The van der Waals surface area contributed by atoms with Gasteiger partial charge in [-0.15, -0.1) is 0 Å². The molecule has 10 heteroatoms. The van der Waals surface area contributed by atoms with Crippen LogP contribution in [0.4, 0.5) is 17.1 Å². The number of benzene rings is 2. The summed E-state index contributed by atoms with van der Waals surface area (Å²) in [5, 5.41) is 14.4. The molecular weight excluding hydrogens is 430 g/mol. The first kappa shape index (κ1) is 23.8. The predicted octanol–water partition coefficient (Wildman–Crippen LogP) is 3.89. The second-order valence-corrected chi connectivity index (χ2v) is 7.83. The van der Waals surface area contributed by atoms with Crippen LogP contribution in [0.3, 0.4) is 0 Å². The van der Waals surface area contributed by atoms with Crippen LogP contribution in [0, 0.1) is 16.0 Å². The van der Waals surface area contributed by atoms with Crippen molar-refractivity contribution in [3.05, 3.63) is 51.6 Å². The van der Waals surface area contributed by atoms with Gasteiger partial charge in [0.2, 0.25) is 0 Å². The van der Waals surface area contributed by atoms with Gasteiger partial charge < -0.3 is 24.4 Å². The van der Waals surface area contributed by atoms with E-state index in [1.54, 1.807) is 6.07 Å². The molecule has 0 radical (unpaired) electrons. The molecule has 0 spiro atoms. The Bertz CT molecular complexity index is 1060. The van der Waals surface area contributed by atoms with Gasteiger partial charge in [0, 0.05) is 36.9 Å². The van der Waals surface area contributed by atoms with Gasteiger partial charge in [-0.25, -0.2) is 4.79 Å². The summed E-state index contributed by atoms with van der Waals surface area (Å²) in [6.45, 7) is 3.61. The van der Waals surface area contributed by atoms with Crippen molar-refractivity contribution < 1.29 is 28.7 Å². The zero-order chi connectivity index (χ0) is 24.1. The fraction of sp³-hybridized carbons (Fsp3) is 0.391. The second kappa shape index (κ2) is 10.2. The van der Waals surface area contributed by atoms with Gasteiger partial charge in [-0.3, -0.25) is 14.9 Å². The molecule has 1 amide bonds. The largest absolute Gasteiger partial charge is 0.493 e. The summed E-state index contributed by atoms with van der Waals surface area (Å²) >= 11 is 0. The SMILES string of the molecule is COC(=O)c1cc(OC)c(OC)cc1NC(=O)c1ccc(N2CCC(C)CC2)c([N+](=O)[O-])c1. The fourth-order valence-electron chi connectivity index (χ4n) is 3.78. The first-order valence-electron chi connectivity index (χ1n) is 10.5. The minimum atomic E-state index is -0.688. The number of piperidine rings is 1. The van der Waals surface area contributed by atoms with E-state index in [1.807, 2.05) is 4.90 Å². The molecule has 3 rings (SSSR count). The minimum Gasteiger partial charge on any atom is -0.493 e. The number of nitro groups is 1. The van der Waals surface area contributed by atoms with Crippen LogP contribution in [-0.4, -0.2) is 51.2 Å². The molecule has 10 nitrogen and oxygen atoms in total. The van der Waals surface area contributed by atoms with Gasteiger partial charge in [-0.05, 0) is 30.9 Å². The molecule has 2 aromatic carbocycles. The Labute approximate surface area is 191 Å². The molecular formula is C23H27N3O7. The van der Waals surface area contributed by atoms with Crippen molar-refractivity contribution in [1.82, 2.24) is 0 Å². The lowest BCUT2D eigenvalue weighted by atomic mass is 9.98. The number of amides is 1. The number of nitro benzene ring substituents is 1. The van der Waals surface area contributed by atoms with Crippen LogP contribution >= 0.6 is 0 Å². The van der Waals surface area contributed by atoms with E-state index in [1.165, 1.54) is 45.6 Å². The topological polar surface area (TPSA) is 120 Å². The van der Waals surface area contributed by atoms with E-state index in [0.717, 1.165) is 25.9 Å². The lowest BCUT2D eigenvalue weighted by molar-refractivity contribution is -0.384. The van der Waals surface area contributed by atoms with E-state index in [9.17, 15) is 19.7 Å². The maximum atomic E-state index is 13.0. The average molecular weight is 457 g/mol. The molecule has 0 unspecified atom stereocenters. The maximum absolute atomic E-state index is 13.0. The molecule has 1 aliphatic rings. The van der Waals surface area contributed by atoms with Gasteiger partial charge in [-0.1, -0.05) is 6.92 Å². The standard InChI is InChI=1S/C23H27N3O7/c1-14-7-9-25(10-8-14)18-6-5-15(11-19(18)26(29)30)22(27)24-17-13-21(32-3)20(31-2)12-16(17)23(28)33-4/h5-6,11-14H,7-10H2,1-4H3,(H,24,27). The number of hydrogen-bond donors (Lipinski definition) is 1. The lowest BCUT2D eigenvalue weighted by Crippen LogP contribution is -2.33. The third kappa shape index (κ3) is 5.16. The number of rotatable bonds is 7. The summed E-state index contributed by atoms with van der Waals surface area (Å²) in [6.07, 6.45) is 1.91. The van der Waals surface area contributed by atoms with Gasteiger partial charge >= 0.3 is 5.97 Å². The number of nitrogens with zero attached hydrogens (tertiary/aromatic N) is 2. The number of anilines is 2. The zero-order valence-corrected chi connectivity index (χ0v) is 19.0. The van der Waals surface area contributed by atoms with Crippen molar-refractivity contribution in [1.29, 1.82) is 0 Å². The van der Waals surface area contributed by atoms with Gasteiger partial charge in [-0.2, -0.15) is 0 Å². The van der Waals surface area contributed by atoms with Gasteiger partial charge in [0.1, 0.15) is 5.69 Å². The number of methoxy groups -OCH3 is 3. The van der Waals surface area contributed by atoms with E-state index in [0.29, 0.717) is 17.4 Å². The molecule has 0 aromatic heterocycles. The molecule has 1 fully saturated rings. The molecule has 0 aliphatic carbocycles. The molecule has 0 atom stereocenters. The number of esters is 1. The molecule has 1 saturated heterocycles. The van der Waals surface area contributed by atoms with Crippen molar-refractivity contribution in [3.63, 3.8) is 0 Å². The first-order valence-corrected chi connectivity index (χ1v) is 10.5. The summed E-state index contributed by atoms with van der Waals surface area (Å²) in [7, 11) is 4.06. The van der Waals surface area contributed by atoms with Crippen molar-refractivity contribution in [2.75, 3.05) is 44.6 Å². The van der Waals surface area contributed by atoms with Gasteiger partial charge in [0.05, 0.1) is 37.5 Å². The Morgan fingerprint density at radius 3 is 2.27 bits per heavy atom. The molecule has 33 heavy (non-hydrogen) atoms. The summed E-state index contributed by atoms with van der Waals surface area (Å²) in [4.78, 5) is 38.5. The van der Waals surface area contributed by atoms with Crippen LogP contribution in [0.2, 0.25) is 0 Å². The Morgan fingerprint density at radius 1 is 1.06 bits per heavy atom. The number of carbonyl (C=O) groups is 2. The normalized spacial score (nSPS) is 13.9. The maximum Gasteiger partial charge on any atom is 0.340 e. The summed E-state index contributed by atoms with van der Waals surface area (Å²) in [5.74, 6) is -0.148. The fourth-order valence-corrected chi connectivity index (χ4v) is 3.78. The molecule has 1 heterocycles. The highest BCUT2D eigenvalue weighted by Crippen LogP contribution is 2.35. The summed E-state index contributed by atoms with van der Waals surface area (Å²) < 4.78 is 15.3. The monoisotopic (exact) mass is 457 g/mol. The highest BCUT2D eigenvalue weighted by Gasteiger charge is 2.26. The van der Waals surface area contributed by atoms with Crippen molar-refractivity contribution >= 4 is 28.9 Å². The second-order valence-electron chi connectivity index (χ2n) is 7.83. The molecule has 1 aliphatic heterocycles. The predicted molar refractivity (Wildman–Crippen MR) is 123 cm³/mol. The molecule has 0 bridgehead atoms. The minimum absolute atomic E-state index is 0.0528. The number of hydrogen-bond acceptors (Lipinski definition) is 8. The van der Waals surface area contributed by atoms with Gasteiger partial charge in [0.25, 0.3) is 11.6 Å². The van der Waals surface area contributed by atoms with Crippen molar-refractivity contribution in [2.45, 2.75) is 19.8 Å². The van der Waals surface area contributed by atoms with E-state index in [4.69, 9.17) is 14.2 Å². The Hall–Kier alpha value is -3.82. The first-order chi connectivity index (χ1) is 15.8. The Kier molecular flexibility index (Phi) is 7.37. The van der Waals surface area contributed by atoms with Gasteiger partial charge in [0.15, 0.2) is 11.5 Å². The Morgan fingerprint density at radius 2 is 1.70 bits per heavy atom. The molecule has 176 valence electrons. The Balaban J connectivity index is 1.93. The van der Waals surface area contributed by atoms with Crippen LogP contribution in [-0.2, 0) is 4.74 Å². The number of ether oxygens (including phenoxy) is 3. The lowest BCUT2D eigenvalue weighted by Gasteiger charge is -2.31. The quantitative estimate of drug-likeness (QED) is 0.378. The smallest absolute Gasteiger partial charge is 0.340 e. The van der Waals surface area contributed by atoms with E-state index < -0.39 is 16.8 Å². The number of nitrogens with one attached hydrogen (secondary N) is 1. The van der Waals surface area contributed by atoms with E-state index >= 15 is 0 Å². The zero-order valence-electron chi connectivity index (χ0n) is 19.0. The number of carbonyl (C=O) groups excluding carboxylic acids is 2. The van der Waals surface area contributed by atoms with Crippen molar-refractivity contribution in [3.8, 4) is 11.5 Å². The summed E-state index contributed by atoms with van der Waals surface area (Å²) in [5.41, 5.74) is 0.613. The van der Waals surface area contributed by atoms with Crippen LogP contribution in [0.1, 0.15) is 40.5 Å². The third-order valence-electron chi connectivity index (χ3n) is 5.74. The third-order valence-corrected chi connectivity index (χ3v) is 5.74.